The van der Waals surface area contributed by atoms with Crippen LogP contribution in [-0.2, 0) is 0 Å². The fourth-order valence-electron chi connectivity index (χ4n) is 8.77. The average Bonchev–Trinajstić information content (AvgIpc) is 3.89. The van der Waals surface area contributed by atoms with Crippen molar-refractivity contribution in [1.82, 2.24) is 19.5 Å². The molecular formula is C57H36N4O. The molecule has 0 aliphatic carbocycles. The van der Waals surface area contributed by atoms with Crippen molar-refractivity contribution in [3.63, 3.8) is 0 Å². The number of fused-ring (bicyclic) bond motifs is 6. The van der Waals surface area contributed by atoms with E-state index in [1.165, 1.54) is 33.0 Å². The predicted molar refractivity (Wildman–Crippen MR) is 254 cm³/mol. The highest BCUT2D eigenvalue weighted by Crippen LogP contribution is 2.39. The lowest BCUT2D eigenvalue weighted by Crippen LogP contribution is -2.00. The topological polar surface area (TPSA) is 56.7 Å². The highest BCUT2D eigenvalue weighted by molar-refractivity contribution is 6.12. The highest BCUT2D eigenvalue weighted by Gasteiger charge is 2.17. The molecule has 3 aromatic heterocycles. The molecule has 0 spiro atoms. The number of hydrogen-bond donors (Lipinski definition) is 0. The maximum absolute atomic E-state index is 6.24. The van der Waals surface area contributed by atoms with Crippen molar-refractivity contribution in [2.75, 3.05) is 0 Å². The lowest BCUT2D eigenvalue weighted by molar-refractivity contribution is 0.669. The van der Waals surface area contributed by atoms with Gasteiger partial charge in [0.2, 0.25) is 0 Å². The fourth-order valence-corrected chi connectivity index (χ4v) is 8.77. The summed E-state index contributed by atoms with van der Waals surface area (Å²) < 4.78 is 8.64. The largest absolute Gasteiger partial charge is 0.456 e. The third-order valence-electron chi connectivity index (χ3n) is 11.9. The summed E-state index contributed by atoms with van der Waals surface area (Å²) in [5.74, 6) is 1.81. The lowest BCUT2D eigenvalue weighted by Gasteiger charge is -2.12. The van der Waals surface area contributed by atoms with Crippen LogP contribution in [0.5, 0.6) is 0 Å². The summed E-state index contributed by atoms with van der Waals surface area (Å²) in [6.07, 6.45) is 0. The first-order valence-electron chi connectivity index (χ1n) is 20.8. The van der Waals surface area contributed by atoms with E-state index in [9.17, 15) is 0 Å². The van der Waals surface area contributed by atoms with Gasteiger partial charge in [0, 0.05) is 43.9 Å². The molecule has 0 fully saturated rings. The molecule has 0 bridgehead atoms. The van der Waals surface area contributed by atoms with Crippen molar-refractivity contribution in [2.24, 2.45) is 0 Å². The standard InChI is InChI=1S/C57H36N4O/c1-4-13-37(14-5-1)43-28-31-51-49(34-43)50-35-44(38-15-6-2-7-16-38)29-32-52(50)61(51)46-20-12-19-42(33-46)39-23-25-41(26-24-39)56-58-55(40-17-8-3-9-18-40)59-57(60-56)45-27-30-48-47-21-10-11-22-53(47)62-54(48)36-45/h1-36H. The van der Waals surface area contributed by atoms with Crippen LogP contribution in [0.4, 0.5) is 0 Å². The first kappa shape index (κ1) is 35.5. The maximum Gasteiger partial charge on any atom is 0.164 e. The molecule has 0 unspecified atom stereocenters. The molecule has 3 heterocycles. The van der Waals surface area contributed by atoms with Gasteiger partial charge in [-0.2, -0.15) is 0 Å². The second-order valence-corrected chi connectivity index (χ2v) is 15.6. The van der Waals surface area contributed by atoms with E-state index >= 15 is 0 Å². The molecule has 9 aromatic carbocycles. The number of benzene rings is 9. The summed E-state index contributed by atoms with van der Waals surface area (Å²) in [4.78, 5) is 15.0. The van der Waals surface area contributed by atoms with E-state index in [0.717, 1.165) is 66.5 Å². The lowest BCUT2D eigenvalue weighted by atomic mass is 10.0. The van der Waals surface area contributed by atoms with Gasteiger partial charge >= 0.3 is 0 Å². The molecular weight excluding hydrogens is 757 g/mol. The SMILES string of the molecule is c1ccc(-c2ccc3c(c2)c2cc(-c4ccccc4)ccc2n3-c2cccc(-c3ccc(-c4nc(-c5ccccc5)nc(-c5ccc6c(c5)oc5ccccc56)n4)cc3)c2)cc1. The van der Waals surface area contributed by atoms with Crippen LogP contribution < -0.4 is 0 Å². The maximum atomic E-state index is 6.24. The van der Waals surface area contributed by atoms with Crippen molar-refractivity contribution < 1.29 is 4.42 Å². The summed E-state index contributed by atoms with van der Waals surface area (Å²) in [6, 6.07) is 76.6. The molecule has 0 aliphatic heterocycles. The molecule has 0 radical (unpaired) electrons. The monoisotopic (exact) mass is 792 g/mol. The molecule has 290 valence electrons. The minimum absolute atomic E-state index is 0.589. The Hall–Kier alpha value is -8.41. The zero-order valence-electron chi connectivity index (χ0n) is 33.5. The Morgan fingerprint density at radius 3 is 1.34 bits per heavy atom. The molecule has 5 nitrogen and oxygen atoms in total. The Kier molecular flexibility index (Phi) is 8.42. The van der Waals surface area contributed by atoms with Gasteiger partial charge in [0.1, 0.15) is 11.2 Å². The van der Waals surface area contributed by atoms with E-state index in [1.807, 2.05) is 54.6 Å². The Bertz CT molecular complexity index is 3510. The van der Waals surface area contributed by atoms with Crippen LogP contribution in [0, 0.1) is 0 Å². The highest BCUT2D eigenvalue weighted by atomic mass is 16.3. The van der Waals surface area contributed by atoms with E-state index in [1.54, 1.807) is 0 Å². The van der Waals surface area contributed by atoms with Gasteiger partial charge in [-0.1, -0.05) is 164 Å². The normalized spacial score (nSPS) is 11.5. The molecule has 0 aliphatic rings. The zero-order valence-corrected chi connectivity index (χ0v) is 33.5. The van der Waals surface area contributed by atoms with Crippen molar-refractivity contribution in [3.8, 4) is 73.2 Å². The second kappa shape index (κ2) is 14.7. The zero-order chi connectivity index (χ0) is 41.0. The van der Waals surface area contributed by atoms with Gasteiger partial charge in [-0.25, -0.2) is 15.0 Å². The van der Waals surface area contributed by atoms with Crippen molar-refractivity contribution >= 4 is 43.7 Å². The number of furan rings is 1. The minimum Gasteiger partial charge on any atom is -0.456 e. The molecule has 62 heavy (non-hydrogen) atoms. The summed E-state index contributed by atoms with van der Waals surface area (Å²) in [6.45, 7) is 0. The fraction of sp³-hybridized carbons (Fsp3) is 0. The van der Waals surface area contributed by atoms with Crippen LogP contribution in [0.25, 0.3) is 117 Å². The smallest absolute Gasteiger partial charge is 0.164 e. The van der Waals surface area contributed by atoms with Gasteiger partial charge in [0.15, 0.2) is 17.5 Å². The van der Waals surface area contributed by atoms with E-state index in [-0.39, 0.29) is 0 Å². The van der Waals surface area contributed by atoms with Gasteiger partial charge in [-0.3, -0.25) is 0 Å². The first-order chi connectivity index (χ1) is 30.7. The Labute approximate surface area is 357 Å². The average molecular weight is 793 g/mol. The first-order valence-corrected chi connectivity index (χ1v) is 20.8. The number of nitrogens with zero attached hydrogens (tertiary/aromatic N) is 4. The van der Waals surface area contributed by atoms with Crippen molar-refractivity contribution in [3.05, 3.63) is 218 Å². The Morgan fingerprint density at radius 1 is 0.274 bits per heavy atom. The minimum atomic E-state index is 0.589. The van der Waals surface area contributed by atoms with Crippen LogP contribution in [0.2, 0.25) is 0 Å². The molecule has 0 amide bonds. The molecule has 0 saturated heterocycles. The number of hydrogen-bond acceptors (Lipinski definition) is 4. The molecule has 0 N–H and O–H groups in total. The van der Waals surface area contributed by atoms with E-state index < -0.39 is 0 Å². The quantitative estimate of drug-likeness (QED) is 0.161. The van der Waals surface area contributed by atoms with Gasteiger partial charge in [-0.15, -0.1) is 0 Å². The van der Waals surface area contributed by atoms with Gasteiger partial charge < -0.3 is 8.98 Å². The summed E-state index contributed by atoms with van der Waals surface area (Å²) >= 11 is 0. The van der Waals surface area contributed by atoms with Crippen molar-refractivity contribution in [2.45, 2.75) is 0 Å². The predicted octanol–water partition coefficient (Wildman–Crippen LogP) is 14.9. The number of para-hydroxylation sites is 1. The molecule has 0 atom stereocenters. The van der Waals surface area contributed by atoms with Crippen LogP contribution in [0.15, 0.2) is 223 Å². The molecule has 12 rings (SSSR count). The van der Waals surface area contributed by atoms with Gasteiger partial charge in [0.05, 0.1) is 11.0 Å². The van der Waals surface area contributed by atoms with E-state index in [4.69, 9.17) is 19.4 Å². The third-order valence-corrected chi connectivity index (χ3v) is 11.9. The second-order valence-electron chi connectivity index (χ2n) is 15.6. The van der Waals surface area contributed by atoms with Crippen LogP contribution in [0.1, 0.15) is 0 Å². The number of aromatic nitrogens is 4. The van der Waals surface area contributed by atoms with Crippen LogP contribution >= 0.6 is 0 Å². The molecule has 5 heteroatoms. The summed E-state index contributed by atoms with van der Waals surface area (Å²) in [5, 5.41) is 4.59. The Balaban J connectivity index is 0.936. The summed E-state index contributed by atoms with van der Waals surface area (Å²) in [7, 11) is 0. The molecule has 0 saturated carbocycles. The third kappa shape index (κ3) is 6.23. The van der Waals surface area contributed by atoms with Gasteiger partial charge in [0.25, 0.3) is 0 Å². The molecule has 12 aromatic rings. The van der Waals surface area contributed by atoms with Crippen molar-refractivity contribution in [1.29, 1.82) is 0 Å². The summed E-state index contributed by atoms with van der Waals surface area (Å²) in [5.41, 5.74) is 14.8. The number of rotatable bonds is 7. The van der Waals surface area contributed by atoms with Crippen LogP contribution in [0.3, 0.4) is 0 Å². The Morgan fingerprint density at radius 2 is 0.710 bits per heavy atom. The van der Waals surface area contributed by atoms with E-state index in [2.05, 4.69) is 168 Å². The van der Waals surface area contributed by atoms with Crippen LogP contribution in [-0.4, -0.2) is 19.5 Å². The van der Waals surface area contributed by atoms with E-state index in [0.29, 0.717) is 17.5 Å². The van der Waals surface area contributed by atoms with Gasteiger partial charge in [-0.05, 0) is 88.0 Å².